The summed E-state index contributed by atoms with van der Waals surface area (Å²) in [4.78, 5) is 2.44. The van der Waals surface area contributed by atoms with Gasteiger partial charge in [0.25, 0.3) is 0 Å². The first-order chi connectivity index (χ1) is 8.79. The predicted octanol–water partition coefficient (Wildman–Crippen LogP) is 2.08. The molecule has 1 fully saturated rings. The van der Waals surface area contributed by atoms with Crippen molar-refractivity contribution >= 4 is 0 Å². The molecule has 0 bridgehead atoms. The summed E-state index contributed by atoms with van der Waals surface area (Å²) in [5.74, 6) is 0.786. The van der Waals surface area contributed by atoms with Crippen LogP contribution < -0.4 is 5.73 Å². The molecule has 1 heterocycles. The van der Waals surface area contributed by atoms with E-state index in [4.69, 9.17) is 15.2 Å². The molecule has 1 aliphatic heterocycles. The largest absolute Gasteiger partial charge is 0.354 e. The minimum Gasteiger partial charge on any atom is -0.354 e. The van der Waals surface area contributed by atoms with Crippen molar-refractivity contribution in [3.8, 4) is 0 Å². The molecule has 0 saturated carbocycles. The highest BCUT2D eigenvalue weighted by Gasteiger charge is 2.42. The summed E-state index contributed by atoms with van der Waals surface area (Å²) >= 11 is 0. The van der Waals surface area contributed by atoms with Gasteiger partial charge in [-0.15, -0.1) is 0 Å². The molecular weight excluding hydrogens is 240 g/mol. The summed E-state index contributed by atoms with van der Waals surface area (Å²) in [6.45, 7) is 11.8. The molecule has 1 rings (SSSR count). The second-order valence-corrected chi connectivity index (χ2v) is 6.99. The zero-order valence-electron chi connectivity index (χ0n) is 13.5. The minimum atomic E-state index is -0.274. The van der Waals surface area contributed by atoms with E-state index < -0.39 is 0 Å². The van der Waals surface area contributed by atoms with Crippen LogP contribution in [0.3, 0.4) is 0 Å². The van der Waals surface area contributed by atoms with Crippen LogP contribution in [0.2, 0.25) is 0 Å². The fourth-order valence-electron chi connectivity index (χ4n) is 3.23. The fraction of sp³-hybridized carbons (Fsp3) is 1.00. The number of piperidine rings is 1. The highest BCUT2D eigenvalue weighted by atomic mass is 16.7. The number of nitrogens with two attached hydrogens (primary N) is 1. The maximum Gasteiger partial charge on any atom is 0.176 e. The third-order valence-corrected chi connectivity index (χ3v) is 4.79. The Morgan fingerprint density at radius 1 is 1.11 bits per heavy atom. The summed E-state index contributed by atoms with van der Waals surface area (Å²) in [6, 6.07) is 0. The summed E-state index contributed by atoms with van der Waals surface area (Å²) in [5, 5.41) is 0. The van der Waals surface area contributed by atoms with Gasteiger partial charge in [-0.25, -0.2) is 0 Å². The predicted molar refractivity (Wildman–Crippen MR) is 79.0 cm³/mol. The van der Waals surface area contributed by atoms with Crippen molar-refractivity contribution in [2.75, 3.05) is 33.9 Å². The van der Waals surface area contributed by atoms with E-state index in [9.17, 15) is 0 Å². The average molecular weight is 272 g/mol. The zero-order chi connectivity index (χ0) is 14.7. The van der Waals surface area contributed by atoms with Crippen LogP contribution >= 0.6 is 0 Å². The van der Waals surface area contributed by atoms with E-state index in [0.29, 0.717) is 12.0 Å². The van der Waals surface area contributed by atoms with Crippen LogP contribution in [-0.4, -0.2) is 50.6 Å². The van der Waals surface area contributed by atoms with E-state index in [1.807, 2.05) is 0 Å². The Bertz CT molecular complexity index is 266. The normalized spacial score (nSPS) is 22.7. The third kappa shape index (κ3) is 3.69. The molecule has 19 heavy (non-hydrogen) atoms. The molecule has 1 unspecified atom stereocenters. The zero-order valence-corrected chi connectivity index (χ0v) is 13.5. The lowest BCUT2D eigenvalue weighted by Gasteiger charge is -2.48. The van der Waals surface area contributed by atoms with E-state index >= 15 is 0 Å². The number of hydrogen-bond acceptors (Lipinski definition) is 4. The SMILES string of the molecule is COC(OC)C(C)(CN)N1CCC(C(C)(C)C)CC1. The van der Waals surface area contributed by atoms with Crippen LogP contribution in [0.5, 0.6) is 0 Å². The Morgan fingerprint density at radius 2 is 1.58 bits per heavy atom. The van der Waals surface area contributed by atoms with Gasteiger partial charge in [0.1, 0.15) is 0 Å². The molecule has 0 amide bonds. The Labute approximate surface area is 118 Å². The number of hydrogen-bond donors (Lipinski definition) is 1. The van der Waals surface area contributed by atoms with Crippen molar-refractivity contribution in [3.05, 3.63) is 0 Å². The standard InChI is InChI=1S/C15H32N2O2/c1-14(2,3)12-7-9-17(10-8-12)15(4,11-16)13(18-5)19-6/h12-13H,7-11,16H2,1-6H3. The monoisotopic (exact) mass is 272 g/mol. The Kier molecular flexibility index (Phi) is 5.80. The van der Waals surface area contributed by atoms with E-state index in [2.05, 4.69) is 32.6 Å². The molecule has 0 radical (unpaired) electrons. The van der Waals surface area contributed by atoms with Crippen LogP contribution in [0, 0.1) is 11.3 Å². The number of likely N-dealkylation sites (tertiary alicyclic amines) is 1. The number of rotatable bonds is 5. The molecule has 0 aromatic carbocycles. The average Bonchev–Trinajstić information content (AvgIpc) is 2.39. The third-order valence-electron chi connectivity index (χ3n) is 4.79. The number of nitrogens with zero attached hydrogens (tertiary/aromatic N) is 1. The maximum absolute atomic E-state index is 6.01. The summed E-state index contributed by atoms with van der Waals surface area (Å²) in [5.41, 5.74) is 6.16. The van der Waals surface area contributed by atoms with Gasteiger partial charge in [-0.3, -0.25) is 4.90 Å². The molecule has 2 N–H and O–H groups in total. The highest BCUT2D eigenvalue weighted by molar-refractivity contribution is 4.94. The first-order valence-electron chi connectivity index (χ1n) is 7.30. The molecule has 114 valence electrons. The van der Waals surface area contributed by atoms with Gasteiger partial charge < -0.3 is 15.2 Å². The van der Waals surface area contributed by atoms with E-state index in [1.54, 1.807) is 14.2 Å². The molecule has 4 nitrogen and oxygen atoms in total. The highest BCUT2D eigenvalue weighted by Crippen LogP contribution is 2.36. The smallest absolute Gasteiger partial charge is 0.176 e. The quantitative estimate of drug-likeness (QED) is 0.779. The summed E-state index contributed by atoms with van der Waals surface area (Å²) in [7, 11) is 3.37. The van der Waals surface area contributed by atoms with Crippen LogP contribution in [0.15, 0.2) is 0 Å². The van der Waals surface area contributed by atoms with Gasteiger partial charge >= 0.3 is 0 Å². The van der Waals surface area contributed by atoms with Gasteiger partial charge in [0, 0.05) is 20.8 Å². The van der Waals surface area contributed by atoms with E-state index in [0.717, 1.165) is 19.0 Å². The second-order valence-electron chi connectivity index (χ2n) is 6.99. The number of methoxy groups -OCH3 is 2. The molecule has 1 atom stereocenters. The van der Waals surface area contributed by atoms with Crippen LogP contribution in [0.4, 0.5) is 0 Å². The lowest BCUT2D eigenvalue weighted by Crippen LogP contribution is -2.62. The van der Waals surface area contributed by atoms with E-state index in [-0.39, 0.29) is 11.8 Å². The van der Waals surface area contributed by atoms with Crippen molar-refractivity contribution < 1.29 is 9.47 Å². The molecule has 0 aliphatic carbocycles. The van der Waals surface area contributed by atoms with Gasteiger partial charge in [0.15, 0.2) is 6.29 Å². The molecule has 0 aromatic rings. The molecule has 1 saturated heterocycles. The molecule has 0 spiro atoms. The van der Waals surface area contributed by atoms with Gasteiger partial charge in [0.2, 0.25) is 0 Å². The lowest BCUT2D eigenvalue weighted by atomic mass is 9.74. The van der Waals surface area contributed by atoms with Crippen LogP contribution in [0.25, 0.3) is 0 Å². The Balaban J connectivity index is 2.71. The van der Waals surface area contributed by atoms with Crippen molar-refractivity contribution in [1.82, 2.24) is 4.90 Å². The van der Waals surface area contributed by atoms with Gasteiger partial charge in [-0.2, -0.15) is 0 Å². The van der Waals surface area contributed by atoms with Crippen LogP contribution in [0.1, 0.15) is 40.5 Å². The van der Waals surface area contributed by atoms with Crippen molar-refractivity contribution in [3.63, 3.8) is 0 Å². The van der Waals surface area contributed by atoms with Gasteiger partial charge in [-0.05, 0) is 44.2 Å². The van der Waals surface area contributed by atoms with Crippen LogP contribution in [-0.2, 0) is 9.47 Å². The fourth-order valence-corrected chi connectivity index (χ4v) is 3.23. The first-order valence-corrected chi connectivity index (χ1v) is 7.30. The van der Waals surface area contributed by atoms with Crippen molar-refractivity contribution in [2.24, 2.45) is 17.1 Å². The molecule has 4 heteroatoms. The molecular formula is C15H32N2O2. The van der Waals surface area contributed by atoms with Gasteiger partial charge in [-0.1, -0.05) is 20.8 Å². The lowest BCUT2D eigenvalue weighted by molar-refractivity contribution is -0.186. The molecule has 0 aromatic heterocycles. The van der Waals surface area contributed by atoms with Gasteiger partial charge in [0.05, 0.1) is 5.54 Å². The minimum absolute atomic E-state index is 0.244. The second kappa shape index (κ2) is 6.53. The summed E-state index contributed by atoms with van der Waals surface area (Å²) in [6.07, 6.45) is 2.17. The van der Waals surface area contributed by atoms with Crippen molar-refractivity contribution in [1.29, 1.82) is 0 Å². The Morgan fingerprint density at radius 3 is 1.89 bits per heavy atom. The Hall–Kier alpha value is -0.160. The van der Waals surface area contributed by atoms with E-state index in [1.165, 1.54) is 12.8 Å². The topological polar surface area (TPSA) is 47.7 Å². The number of ether oxygens (including phenoxy) is 2. The molecule has 1 aliphatic rings. The van der Waals surface area contributed by atoms with Crippen molar-refractivity contribution in [2.45, 2.75) is 52.4 Å². The maximum atomic E-state index is 6.01. The summed E-state index contributed by atoms with van der Waals surface area (Å²) < 4.78 is 10.9. The first kappa shape index (κ1) is 16.9.